The third-order valence-corrected chi connectivity index (χ3v) is 2.90. The molecule has 0 aliphatic heterocycles. The number of aryl methyl sites for hydroxylation is 1. The molecule has 0 saturated carbocycles. The van der Waals surface area contributed by atoms with Gasteiger partial charge in [-0.15, -0.1) is 5.10 Å². The average Bonchev–Trinajstić information content (AvgIpc) is 2.38. The van der Waals surface area contributed by atoms with Gasteiger partial charge in [-0.3, -0.25) is 0 Å². The Hall–Kier alpha value is -2.01. The molecule has 2 N–H and O–H groups in total. The quantitative estimate of drug-likeness (QED) is 0.855. The Labute approximate surface area is 111 Å². The lowest BCUT2D eigenvalue weighted by Crippen LogP contribution is -2.13. The van der Waals surface area contributed by atoms with Crippen molar-refractivity contribution >= 4 is 28.7 Å². The molecule has 0 saturated heterocycles. The molecule has 0 aliphatic carbocycles. The summed E-state index contributed by atoms with van der Waals surface area (Å²) in [6.07, 6.45) is 1.73. The van der Waals surface area contributed by atoms with Gasteiger partial charge < -0.3 is 10.6 Å². The maximum absolute atomic E-state index is 5.57. The molecule has 0 fully saturated rings. The van der Waals surface area contributed by atoms with E-state index >= 15 is 0 Å². The predicted octanol–water partition coefficient (Wildman–Crippen LogP) is 2.19. The van der Waals surface area contributed by atoms with Gasteiger partial charge in [-0.25, -0.2) is 0 Å². The SMILES string of the molecule is Cc1cnnc(N(C)c2ccc(C(N)=S)cc2)c1. The normalized spacial score (nSPS) is 10.1. The lowest BCUT2D eigenvalue weighted by Gasteiger charge is -2.18. The van der Waals surface area contributed by atoms with Gasteiger partial charge in [0.2, 0.25) is 0 Å². The van der Waals surface area contributed by atoms with Crippen molar-refractivity contribution in [3.8, 4) is 0 Å². The van der Waals surface area contributed by atoms with E-state index in [0.29, 0.717) is 4.99 Å². The number of rotatable bonds is 3. The van der Waals surface area contributed by atoms with Gasteiger partial charge in [0, 0.05) is 18.3 Å². The highest BCUT2D eigenvalue weighted by Crippen LogP contribution is 2.21. The fraction of sp³-hybridized carbons (Fsp3) is 0.154. The van der Waals surface area contributed by atoms with Crippen molar-refractivity contribution < 1.29 is 0 Å². The zero-order chi connectivity index (χ0) is 13.1. The number of nitrogens with zero attached hydrogens (tertiary/aromatic N) is 3. The largest absolute Gasteiger partial charge is 0.389 e. The van der Waals surface area contributed by atoms with E-state index in [9.17, 15) is 0 Å². The molecular formula is C13H14N4S. The Morgan fingerprint density at radius 3 is 2.50 bits per heavy atom. The highest BCUT2D eigenvalue weighted by molar-refractivity contribution is 7.80. The summed E-state index contributed by atoms with van der Waals surface area (Å²) in [4.78, 5) is 2.36. The first-order valence-electron chi connectivity index (χ1n) is 5.51. The number of hydrogen-bond acceptors (Lipinski definition) is 4. The van der Waals surface area contributed by atoms with Crippen LogP contribution in [0.2, 0.25) is 0 Å². The molecular weight excluding hydrogens is 244 g/mol. The summed E-state index contributed by atoms with van der Waals surface area (Å²) >= 11 is 4.92. The summed E-state index contributed by atoms with van der Waals surface area (Å²) in [5, 5.41) is 8.04. The van der Waals surface area contributed by atoms with Crippen LogP contribution in [0.1, 0.15) is 11.1 Å². The maximum atomic E-state index is 5.57. The fourth-order valence-electron chi connectivity index (χ4n) is 1.59. The van der Waals surface area contributed by atoms with Gasteiger partial charge in [-0.2, -0.15) is 5.10 Å². The Bertz CT molecular complexity index is 565. The summed E-state index contributed by atoms with van der Waals surface area (Å²) in [6, 6.07) is 9.69. The van der Waals surface area contributed by atoms with Gasteiger partial charge in [0.15, 0.2) is 5.82 Å². The topological polar surface area (TPSA) is 55.0 Å². The second-order valence-corrected chi connectivity index (χ2v) is 4.50. The Kier molecular flexibility index (Phi) is 3.53. The summed E-state index contributed by atoms with van der Waals surface area (Å²) in [7, 11) is 1.94. The second-order valence-electron chi connectivity index (χ2n) is 4.06. The molecule has 0 unspecified atom stereocenters. The molecule has 2 aromatic rings. The smallest absolute Gasteiger partial charge is 0.155 e. The van der Waals surface area contributed by atoms with E-state index in [1.54, 1.807) is 6.20 Å². The molecule has 0 bridgehead atoms. The molecule has 5 heteroatoms. The number of nitrogens with two attached hydrogens (primary N) is 1. The van der Waals surface area contributed by atoms with E-state index in [2.05, 4.69) is 10.2 Å². The summed E-state index contributed by atoms with van der Waals surface area (Å²) in [5.41, 5.74) is 8.51. The molecule has 0 atom stereocenters. The van der Waals surface area contributed by atoms with Gasteiger partial charge >= 0.3 is 0 Å². The van der Waals surface area contributed by atoms with Gasteiger partial charge in [-0.05, 0) is 42.8 Å². The van der Waals surface area contributed by atoms with E-state index in [0.717, 1.165) is 22.6 Å². The Morgan fingerprint density at radius 1 is 1.28 bits per heavy atom. The molecule has 0 spiro atoms. The third kappa shape index (κ3) is 2.62. The number of anilines is 2. The van der Waals surface area contributed by atoms with Crippen molar-refractivity contribution in [1.82, 2.24) is 10.2 Å². The van der Waals surface area contributed by atoms with Crippen molar-refractivity contribution in [2.24, 2.45) is 5.73 Å². The van der Waals surface area contributed by atoms with Crippen LogP contribution in [0.5, 0.6) is 0 Å². The van der Waals surface area contributed by atoms with Crippen molar-refractivity contribution in [3.63, 3.8) is 0 Å². The first kappa shape index (κ1) is 12.4. The molecule has 4 nitrogen and oxygen atoms in total. The van der Waals surface area contributed by atoms with E-state index in [4.69, 9.17) is 18.0 Å². The van der Waals surface area contributed by atoms with Crippen molar-refractivity contribution in [3.05, 3.63) is 47.7 Å². The van der Waals surface area contributed by atoms with E-state index in [1.807, 2.05) is 49.2 Å². The molecule has 0 amide bonds. The summed E-state index contributed by atoms with van der Waals surface area (Å²) < 4.78 is 0. The molecule has 0 aliphatic rings. The first-order chi connectivity index (χ1) is 8.58. The van der Waals surface area contributed by atoms with E-state index in [1.165, 1.54) is 0 Å². The number of benzene rings is 1. The zero-order valence-corrected chi connectivity index (χ0v) is 11.1. The lowest BCUT2D eigenvalue weighted by molar-refractivity contribution is 0.975. The molecule has 1 aromatic heterocycles. The minimum absolute atomic E-state index is 0.402. The number of thiocarbonyl (C=S) groups is 1. The van der Waals surface area contributed by atoms with Gasteiger partial charge in [-0.1, -0.05) is 12.2 Å². The van der Waals surface area contributed by atoms with Crippen molar-refractivity contribution in [2.45, 2.75) is 6.92 Å². The highest BCUT2D eigenvalue weighted by atomic mass is 32.1. The zero-order valence-electron chi connectivity index (χ0n) is 10.3. The summed E-state index contributed by atoms with van der Waals surface area (Å²) in [6.45, 7) is 1.99. The summed E-state index contributed by atoms with van der Waals surface area (Å²) in [5.74, 6) is 0.804. The number of hydrogen-bond donors (Lipinski definition) is 1. The van der Waals surface area contributed by atoms with Crippen LogP contribution in [-0.2, 0) is 0 Å². The van der Waals surface area contributed by atoms with Crippen molar-refractivity contribution in [1.29, 1.82) is 0 Å². The third-order valence-electron chi connectivity index (χ3n) is 2.66. The van der Waals surface area contributed by atoms with Crippen molar-refractivity contribution in [2.75, 3.05) is 11.9 Å². The number of aromatic nitrogens is 2. The maximum Gasteiger partial charge on any atom is 0.155 e. The van der Waals surface area contributed by atoms with Gasteiger partial charge in [0.05, 0.1) is 6.20 Å². The standard InChI is InChI=1S/C13H14N4S/c1-9-7-12(16-15-8-9)17(2)11-5-3-10(4-6-11)13(14)18/h3-8H,1-2H3,(H2,14,18). The molecule has 0 radical (unpaired) electrons. The van der Waals surface area contributed by atoms with Crippen LogP contribution in [-0.4, -0.2) is 22.2 Å². The predicted molar refractivity (Wildman–Crippen MR) is 77.2 cm³/mol. The molecule has 2 rings (SSSR count). The van der Waals surface area contributed by atoms with Crippen LogP contribution >= 0.6 is 12.2 Å². The highest BCUT2D eigenvalue weighted by Gasteiger charge is 2.06. The Morgan fingerprint density at radius 2 is 1.94 bits per heavy atom. The lowest BCUT2D eigenvalue weighted by atomic mass is 10.2. The molecule has 1 aromatic carbocycles. The molecule has 92 valence electrons. The molecule has 18 heavy (non-hydrogen) atoms. The van der Waals surface area contributed by atoms with Crippen LogP contribution < -0.4 is 10.6 Å². The second kappa shape index (κ2) is 5.10. The van der Waals surface area contributed by atoms with Crippen LogP contribution in [0.25, 0.3) is 0 Å². The Balaban J connectivity index is 2.28. The fourth-order valence-corrected chi connectivity index (χ4v) is 1.73. The average molecular weight is 258 g/mol. The van der Waals surface area contributed by atoms with Crippen LogP contribution in [0.3, 0.4) is 0 Å². The van der Waals surface area contributed by atoms with Gasteiger partial charge in [0.25, 0.3) is 0 Å². The van der Waals surface area contributed by atoms with Crippen LogP contribution in [0, 0.1) is 6.92 Å². The first-order valence-corrected chi connectivity index (χ1v) is 5.91. The van der Waals surface area contributed by atoms with Gasteiger partial charge in [0.1, 0.15) is 4.99 Å². The van der Waals surface area contributed by atoms with Crippen LogP contribution in [0.4, 0.5) is 11.5 Å². The molecule has 1 heterocycles. The minimum Gasteiger partial charge on any atom is -0.389 e. The van der Waals surface area contributed by atoms with E-state index in [-0.39, 0.29) is 0 Å². The monoisotopic (exact) mass is 258 g/mol. The van der Waals surface area contributed by atoms with Crippen LogP contribution in [0.15, 0.2) is 36.5 Å². The van der Waals surface area contributed by atoms with E-state index < -0.39 is 0 Å². The minimum atomic E-state index is 0.402.